The second-order valence-electron chi connectivity index (χ2n) is 6.50. The normalized spacial score (nSPS) is 20.0. The Bertz CT molecular complexity index is 1060. The van der Waals surface area contributed by atoms with Gasteiger partial charge < -0.3 is 0 Å². The smallest absolute Gasteiger partial charge is 0.199 e. The van der Waals surface area contributed by atoms with Crippen LogP contribution in [0.3, 0.4) is 0 Å². The third-order valence-corrected chi connectivity index (χ3v) is 8.27. The van der Waals surface area contributed by atoms with Crippen molar-refractivity contribution in [1.82, 2.24) is 0 Å². The molecule has 0 unspecified atom stereocenters. The molecule has 0 bridgehead atoms. The first kappa shape index (κ1) is 19.3. The zero-order chi connectivity index (χ0) is 19.3. The Morgan fingerprint density at radius 2 is 1.81 bits per heavy atom. The zero-order valence-corrected chi connectivity index (χ0v) is 16.4. The van der Waals surface area contributed by atoms with Crippen molar-refractivity contribution in [3.05, 3.63) is 38.8 Å². The predicted molar refractivity (Wildman–Crippen MR) is 96.9 cm³/mol. The molecule has 0 saturated carbocycles. The fourth-order valence-electron chi connectivity index (χ4n) is 3.43. The van der Waals surface area contributed by atoms with Gasteiger partial charge in [-0.05, 0) is 43.4 Å². The molecule has 1 aliphatic heterocycles. The Hall–Kier alpha value is -1.51. The molecule has 1 aromatic rings. The fraction of sp³-hybridized carbons (Fsp3) is 0.412. The summed E-state index contributed by atoms with van der Waals surface area (Å²) in [6.45, 7) is 0. The number of ketones is 2. The van der Waals surface area contributed by atoms with Gasteiger partial charge in [-0.25, -0.2) is 16.8 Å². The Kier molecular flexibility index (Phi) is 4.87. The van der Waals surface area contributed by atoms with E-state index in [1.807, 2.05) is 0 Å². The molecular weight excluding hydrogens is 400 g/mol. The SMILES string of the molecule is CS(=O)(=O)C1=C(C(=O)c2ccc3c(c2Cl)CCCS3(=O)=O)C(=O)CCC1. The molecule has 0 radical (unpaired) electrons. The highest BCUT2D eigenvalue weighted by Crippen LogP contribution is 2.36. The molecule has 0 saturated heterocycles. The number of benzene rings is 1. The number of fused-ring (bicyclic) bond motifs is 1. The van der Waals surface area contributed by atoms with E-state index in [4.69, 9.17) is 11.6 Å². The van der Waals surface area contributed by atoms with Crippen molar-refractivity contribution in [3.8, 4) is 0 Å². The maximum absolute atomic E-state index is 13.0. The summed E-state index contributed by atoms with van der Waals surface area (Å²) in [4.78, 5) is 25.2. The van der Waals surface area contributed by atoms with Gasteiger partial charge in [-0.2, -0.15) is 0 Å². The minimum Gasteiger partial charge on any atom is -0.294 e. The summed E-state index contributed by atoms with van der Waals surface area (Å²) < 4.78 is 48.3. The Morgan fingerprint density at radius 1 is 1.12 bits per heavy atom. The number of Topliss-reactive ketones (excluding diaryl/α,β-unsaturated/α-hetero) is 2. The van der Waals surface area contributed by atoms with Gasteiger partial charge in [0.1, 0.15) is 0 Å². The van der Waals surface area contributed by atoms with E-state index in [1.165, 1.54) is 12.1 Å². The van der Waals surface area contributed by atoms with Gasteiger partial charge in [0.2, 0.25) is 0 Å². The highest BCUT2D eigenvalue weighted by molar-refractivity contribution is 7.94. The summed E-state index contributed by atoms with van der Waals surface area (Å²) in [5.41, 5.74) is -0.0262. The van der Waals surface area contributed by atoms with E-state index in [9.17, 15) is 26.4 Å². The van der Waals surface area contributed by atoms with Crippen LogP contribution in [0.25, 0.3) is 0 Å². The van der Waals surface area contributed by atoms with Gasteiger partial charge in [-0.3, -0.25) is 9.59 Å². The summed E-state index contributed by atoms with van der Waals surface area (Å²) in [6, 6.07) is 2.58. The minimum atomic E-state index is -3.71. The maximum Gasteiger partial charge on any atom is 0.199 e. The Balaban J connectivity index is 2.20. The standard InChI is InChI=1S/C17H17ClO6S2/c1-25(21,22)14-6-2-5-12(19)15(14)17(20)11-7-8-13-10(16(11)18)4-3-9-26(13,23)24/h7-8H,2-6,9H2,1H3. The summed E-state index contributed by atoms with van der Waals surface area (Å²) >= 11 is 6.31. The first-order valence-corrected chi connectivity index (χ1v) is 12.0. The molecule has 1 aromatic carbocycles. The van der Waals surface area contributed by atoms with Crippen molar-refractivity contribution in [2.45, 2.75) is 37.0 Å². The van der Waals surface area contributed by atoms with Crippen molar-refractivity contribution in [2.24, 2.45) is 0 Å². The molecule has 2 aliphatic rings. The van der Waals surface area contributed by atoms with E-state index in [-0.39, 0.29) is 44.6 Å². The fourth-order valence-corrected chi connectivity index (χ4v) is 6.52. The number of allylic oxidation sites excluding steroid dienone is 2. The second kappa shape index (κ2) is 6.58. The molecule has 0 N–H and O–H groups in total. The van der Waals surface area contributed by atoms with Crippen molar-refractivity contribution in [2.75, 3.05) is 12.0 Å². The molecule has 0 spiro atoms. The van der Waals surface area contributed by atoms with E-state index in [1.54, 1.807) is 0 Å². The summed E-state index contributed by atoms with van der Waals surface area (Å²) in [7, 11) is -7.16. The summed E-state index contributed by atoms with van der Waals surface area (Å²) in [6.07, 6.45) is 2.35. The van der Waals surface area contributed by atoms with Crippen molar-refractivity contribution in [1.29, 1.82) is 0 Å². The molecular formula is C17H17ClO6S2. The van der Waals surface area contributed by atoms with Crippen LogP contribution in [-0.4, -0.2) is 40.4 Å². The summed E-state index contributed by atoms with van der Waals surface area (Å²) in [5, 5.41) is -0.0190. The summed E-state index contributed by atoms with van der Waals surface area (Å²) in [5.74, 6) is -1.26. The average molecular weight is 417 g/mol. The second-order valence-corrected chi connectivity index (χ2v) is 11.0. The number of carbonyl (C=O) groups excluding carboxylic acids is 2. The molecule has 0 aromatic heterocycles. The van der Waals surface area contributed by atoms with Crippen LogP contribution in [0, 0.1) is 0 Å². The number of halogens is 1. The van der Waals surface area contributed by atoms with E-state index in [2.05, 4.69) is 0 Å². The zero-order valence-electron chi connectivity index (χ0n) is 14.0. The predicted octanol–water partition coefficient (Wildman–Crippen LogP) is 2.29. The Labute approximate surface area is 157 Å². The highest BCUT2D eigenvalue weighted by atomic mass is 35.5. The molecule has 0 atom stereocenters. The number of rotatable bonds is 3. The molecule has 140 valence electrons. The molecule has 9 heteroatoms. The quantitative estimate of drug-likeness (QED) is 0.553. The first-order valence-electron chi connectivity index (χ1n) is 8.09. The van der Waals surface area contributed by atoms with Crippen LogP contribution in [0.1, 0.15) is 41.6 Å². The van der Waals surface area contributed by atoms with Crippen LogP contribution >= 0.6 is 11.6 Å². The lowest BCUT2D eigenvalue weighted by Crippen LogP contribution is -2.24. The monoisotopic (exact) mass is 416 g/mol. The van der Waals surface area contributed by atoms with Gasteiger partial charge in [-0.1, -0.05) is 11.6 Å². The largest absolute Gasteiger partial charge is 0.294 e. The van der Waals surface area contributed by atoms with Crippen molar-refractivity contribution >= 4 is 42.8 Å². The van der Waals surface area contributed by atoms with Crippen LogP contribution in [-0.2, 0) is 30.9 Å². The molecule has 0 amide bonds. The molecule has 0 fully saturated rings. The molecule has 3 rings (SSSR count). The lowest BCUT2D eigenvalue weighted by molar-refractivity contribution is -0.115. The van der Waals surface area contributed by atoms with E-state index in [0.29, 0.717) is 24.8 Å². The van der Waals surface area contributed by atoms with Crippen LogP contribution < -0.4 is 0 Å². The van der Waals surface area contributed by atoms with E-state index >= 15 is 0 Å². The van der Waals surface area contributed by atoms with E-state index < -0.39 is 31.2 Å². The molecule has 1 aliphatic carbocycles. The van der Waals surface area contributed by atoms with Crippen LogP contribution in [0.15, 0.2) is 27.5 Å². The lowest BCUT2D eigenvalue weighted by Gasteiger charge is -2.21. The van der Waals surface area contributed by atoms with Gasteiger partial charge in [0, 0.05) is 18.2 Å². The molecule has 6 nitrogen and oxygen atoms in total. The Morgan fingerprint density at radius 3 is 2.46 bits per heavy atom. The third-order valence-electron chi connectivity index (χ3n) is 4.66. The van der Waals surface area contributed by atoms with Gasteiger partial charge in [-0.15, -0.1) is 0 Å². The third kappa shape index (κ3) is 3.25. The van der Waals surface area contributed by atoms with Crippen LogP contribution in [0.2, 0.25) is 5.02 Å². The van der Waals surface area contributed by atoms with E-state index in [0.717, 1.165) is 6.26 Å². The number of carbonyl (C=O) groups is 2. The average Bonchev–Trinajstić information content (AvgIpc) is 2.54. The molecule has 26 heavy (non-hydrogen) atoms. The van der Waals surface area contributed by atoms with Crippen LogP contribution in [0.4, 0.5) is 0 Å². The van der Waals surface area contributed by atoms with Gasteiger partial charge in [0.15, 0.2) is 31.2 Å². The topological polar surface area (TPSA) is 102 Å². The highest BCUT2D eigenvalue weighted by Gasteiger charge is 2.34. The first-order chi connectivity index (χ1) is 12.0. The molecule has 1 heterocycles. The minimum absolute atomic E-state index is 0.0190. The number of sulfone groups is 2. The van der Waals surface area contributed by atoms with Gasteiger partial charge in [0.05, 0.1) is 26.1 Å². The number of hydrogen-bond acceptors (Lipinski definition) is 6. The van der Waals surface area contributed by atoms with Crippen molar-refractivity contribution in [3.63, 3.8) is 0 Å². The van der Waals surface area contributed by atoms with Crippen LogP contribution in [0.5, 0.6) is 0 Å². The maximum atomic E-state index is 13.0. The lowest BCUT2D eigenvalue weighted by atomic mass is 9.90. The van der Waals surface area contributed by atoms with Crippen molar-refractivity contribution < 1.29 is 26.4 Å². The van der Waals surface area contributed by atoms with Gasteiger partial charge in [0.25, 0.3) is 0 Å². The van der Waals surface area contributed by atoms with Gasteiger partial charge >= 0.3 is 0 Å². The number of hydrogen-bond donors (Lipinski definition) is 0.